The lowest BCUT2D eigenvalue weighted by Crippen LogP contribution is -2.42. The summed E-state index contributed by atoms with van der Waals surface area (Å²) in [5.41, 5.74) is 1.12. The van der Waals surface area contributed by atoms with Crippen molar-refractivity contribution in [3.8, 4) is 11.5 Å². The zero-order valence-electron chi connectivity index (χ0n) is 13.6. The first kappa shape index (κ1) is 16.6. The summed E-state index contributed by atoms with van der Waals surface area (Å²) < 4.78 is 10.5. The number of carbonyl (C=O) groups excluding carboxylic acids is 1. The molecule has 1 heterocycles. The van der Waals surface area contributed by atoms with E-state index < -0.39 is 0 Å². The van der Waals surface area contributed by atoms with Gasteiger partial charge in [0, 0.05) is 18.5 Å². The molecule has 0 saturated carbocycles. The molecular formula is C17H26N2O3. The molecule has 2 rings (SSSR count). The number of ether oxygens (including phenoxy) is 2. The Morgan fingerprint density at radius 2 is 2.09 bits per heavy atom. The zero-order valence-corrected chi connectivity index (χ0v) is 13.6. The largest absolute Gasteiger partial charge is 0.493 e. The maximum atomic E-state index is 12.2. The van der Waals surface area contributed by atoms with E-state index in [2.05, 4.69) is 17.6 Å². The van der Waals surface area contributed by atoms with Gasteiger partial charge in [-0.2, -0.15) is 0 Å². The van der Waals surface area contributed by atoms with Crippen LogP contribution in [0, 0.1) is 5.92 Å². The van der Waals surface area contributed by atoms with Gasteiger partial charge in [0.05, 0.1) is 14.2 Å². The Bertz CT molecular complexity index is 505. The Hall–Kier alpha value is -1.75. The minimum absolute atomic E-state index is 0.140. The normalized spacial score (nSPS) is 21.2. The van der Waals surface area contributed by atoms with Gasteiger partial charge in [0.1, 0.15) is 0 Å². The van der Waals surface area contributed by atoms with Crippen LogP contribution in [0.3, 0.4) is 0 Å². The van der Waals surface area contributed by atoms with Crippen molar-refractivity contribution in [2.75, 3.05) is 27.3 Å². The molecule has 122 valence electrons. The number of methoxy groups -OCH3 is 2. The Labute approximate surface area is 132 Å². The number of hydrogen-bond donors (Lipinski definition) is 2. The summed E-state index contributed by atoms with van der Waals surface area (Å²) in [5.74, 6) is 1.76. The van der Waals surface area contributed by atoms with Crippen molar-refractivity contribution in [1.29, 1.82) is 0 Å². The van der Waals surface area contributed by atoms with Crippen molar-refractivity contribution in [2.45, 2.75) is 32.2 Å². The molecule has 1 aromatic rings. The molecule has 1 saturated heterocycles. The van der Waals surface area contributed by atoms with Gasteiger partial charge in [-0.05, 0) is 50.4 Å². The van der Waals surface area contributed by atoms with Gasteiger partial charge in [-0.15, -0.1) is 0 Å². The van der Waals surface area contributed by atoms with Crippen LogP contribution in [0.4, 0.5) is 0 Å². The smallest absolute Gasteiger partial charge is 0.223 e. The Kier molecular flexibility index (Phi) is 6.07. The van der Waals surface area contributed by atoms with Crippen LogP contribution in [-0.4, -0.2) is 39.3 Å². The number of benzene rings is 1. The van der Waals surface area contributed by atoms with Crippen molar-refractivity contribution in [2.24, 2.45) is 5.92 Å². The minimum Gasteiger partial charge on any atom is -0.493 e. The van der Waals surface area contributed by atoms with E-state index in [-0.39, 0.29) is 11.8 Å². The lowest BCUT2D eigenvalue weighted by atomic mass is 9.92. The van der Waals surface area contributed by atoms with Crippen LogP contribution in [0.5, 0.6) is 11.5 Å². The summed E-state index contributed by atoms with van der Waals surface area (Å²) >= 11 is 0. The van der Waals surface area contributed by atoms with Gasteiger partial charge in [0.25, 0.3) is 0 Å². The first-order valence-corrected chi connectivity index (χ1v) is 7.86. The summed E-state index contributed by atoms with van der Waals surface area (Å²) in [7, 11) is 3.25. The second kappa shape index (κ2) is 8.03. The van der Waals surface area contributed by atoms with Crippen LogP contribution < -0.4 is 20.1 Å². The fraction of sp³-hybridized carbons (Fsp3) is 0.588. The van der Waals surface area contributed by atoms with Crippen LogP contribution in [-0.2, 0) is 11.2 Å². The minimum atomic E-state index is 0.140. The molecule has 1 amide bonds. The lowest BCUT2D eigenvalue weighted by Gasteiger charge is -2.27. The van der Waals surface area contributed by atoms with Gasteiger partial charge in [-0.3, -0.25) is 4.79 Å². The summed E-state index contributed by atoms with van der Waals surface area (Å²) in [6.45, 7) is 3.70. The second-order valence-electron chi connectivity index (χ2n) is 5.81. The van der Waals surface area contributed by atoms with Gasteiger partial charge in [-0.1, -0.05) is 6.07 Å². The number of amides is 1. The zero-order chi connectivity index (χ0) is 15.9. The third-order valence-corrected chi connectivity index (χ3v) is 4.16. The molecule has 2 atom stereocenters. The molecule has 0 bridgehead atoms. The molecule has 0 aliphatic carbocycles. The van der Waals surface area contributed by atoms with E-state index in [1.807, 2.05) is 18.2 Å². The molecule has 0 unspecified atom stereocenters. The van der Waals surface area contributed by atoms with E-state index in [0.29, 0.717) is 12.6 Å². The molecule has 0 aromatic heterocycles. The molecule has 0 spiro atoms. The summed E-state index contributed by atoms with van der Waals surface area (Å²) in [6.07, 6.45) is 2.63. The van der Waals surface area contributed by atoms with Crippen molar-refractivity contribution in [1.82, 2.24) is 10.6 Å². The highest BCUT2D eigenvalue weighted by atomic mass is 16.5. The van der Waals surface area contributed by atoms with Crippen LogP contribution in [0.25, 0.3) is 0 Å². The summed E-state index contributed by atoms with van der Waals surface area (Å²) in [5, 5.41) is 6.42. The van der Waals surface area contributed by atoms with Gasteiger partial charge in [0.15, 0.2) is 11.5 Å². The molecular weight excluding hydrogens is 280 g/mol. The molecule has 1 aliphatic rings. The monoisotopic (exact) mass is 306 g/mol. The molecule has 1 aliphatic heterocycles. The van der Waals surface area contributed by atoms with Crippen molar-refractivity contribution < 1.29 is 14.3 Å². The molecule has 5 heteroatoms. The highest BCUT2D eigenvalue weighted by Crippen LogP contribution is 2.27. The van der Waals surface area contributed by atoms with Gasteiger partial charge in [0.2, 0.25) is 5.91 Å². The van der Waals surface area contributed by atoms with Gasteiger partial charge < -0.3 is 20.1 Å². The van der Waals surface area contributed by atoms with Crippen LogP contribution in [0.1, 0.15) is 25.3 Å². The fourth-order valence-corrected chi connectivity index (χ4v) is 2.88. The van der Waals surface area contributed by atoms with Crippen molar-refractivity contribution >= 4 is 5.91 Å². The first-order chi connectivity index (χ1) is 10.6. The molecule has 2 N–H and O–H groups in total. The third kappa shape index (κ3) is 4.37. The summed E-state index contributed by atoms with van der Waals surface area (Å²) in [4.78, 5) is 12.2. The number of piperidine rings is 1. The van der Waals surface area contributed by atoms with Crippen LogP contribution >= 0.6 is 0 Å². The van der Waals surface area contributed by atoms with E-state index >= 15 is 0 Å². The molecule has 1 aromatic carbocycles. The molecule has 0 radical (unpaired) electrons. The first-order valence-electron chi connectivity index (χ1n) is 7.86. The van der Waals surface area contributed by atoms with Crippen LogP contribution in [0.2, 0.25) is 0 Å². The second-order valence-corrected chi connectivity index (χ2v) is 5.81. The molecule has 22 heavy (non-hydrogen) atoms. The number of hydrogen-bond acceptors (Lipinski definition) is 4. The average Bonchev–Trinajstić information content (AvgIpc) is 2.54. The number of rotatable bonds is 6. The van der Waals surface area contributed by atoms with E-state index in [1.165, 1.54) is 0 Å². The average molecular weight is 306 g/mol. The standard InChI is InChI=1S/C17H26N2O3/c1-12-10-14(7-9-18-12)17(20)19-8-6-13-4-5-15(21-2)16(11-13)22-3/h4-5,11-12,14,18H,6-10H2,1-3H3,(H,19,20)/t12-,14-/m0/s1. The van der Waals surface area contributed by atoms with E-state index in [1.54, 1.807) is 14.2 Å². The summed E-state index contributed by atoms with van der Waals surface area (Å²) in [6, 6.07) is 6.28. The van der Waals surface area contributed by atoms with Crippen LogP contribution in [0.15, 0.2) is 18.2 Å². The fourth-order valence-electron chi connectivity index (χ4n) is 2.88. The number of nitrogens with one attached hydrogen (secondary N) is 2. The lowest BCUT2D eigenvalue weighted by molar-refractivity contribution is -0.126. The van der Waals surface area contributed by atoms with E-state index in [4.69, 9.17) is 9.47 Å². The topological polar surface area (TPSA) is 59.6 Å². The van der Waals surface area contributed by atoms with Crippen molar-refractivity contribution in [3.05, 3.63) is 23.8 Å². The maximum absolute atomic E-state index is 12.2. The SMILES string of the molecule is COc1ccc(CCNC(=O)[C@H]2CCN[C@@H](C)C2)cc1OC. The Morgan fingerprint density at radius 3 is 2.77 bits per heavy atom. The maximum Gasteiger partial charge on any atom is 0.223 e. The number of carbonyl (C=O) groups is 1. The molecule has 1 fully saturated rings. The van der Waals surface area contributed by atoms with Gasteiger partial charge in [-0.25, -0.2) is 0 Å². The van der Waals surface area contributed by atoms with E-state index in [0.717, 1.165) is 42.9 Å². The quantitative estimate of drug-likeness (QED) is 0.840. The Morgan fingerprint density at radius 1 is 1.32 bits per heavy atom. The Balaban J connectivity index is 1.82. The predicted molar refractivity (Wildman–Crippen MR) is 86.4 cm³/mol. The molecule has 5 nitrogen and oxygen atoms in total. The predicted octanol–water partition coefficient (Wildman–Crippen LogP) is 1.75. The highest BCUT2D eigenvalue weighted by Gasteiger charge is 2.24. The third-order valence-electron chi connectivity index (χ3n) is 4.16. The highest BCUT2D eigenvalue weighted by molar-refractivity contribution is 5.78. The van der Waals surface area contributed by atoms with E-state index in [9.17, 15) is 4.79 Å². The van der Waals surface area contributed by atoms with Gasteiger partial charge >= 0.3 is 0 Å². The van der Waals surface area contributed by atoms with Crippen molar-refractivity contribution in [3.63, 3.8) is 0 Å².